The van der Waals surface area contributed by atoms with Gasteiger partial charge >= 0.3 is 0 Å². The predicted octanol–water partition coefficient (Wildman–Crippen LogP) is 3.97. The molecule has 0 aliphatic carbocycles. The van der Waals surface area contributed by atoms with Crippen molar-refractivity contribution < 1.29 is 0 Å². The minimum absolute atomic E-state index is 0.259. The van der Waals surface area contributed by atoms with Crippen molar-refractivity contribution in [2.45, 2.75) is 52.6 Å². The molecule has 7 heteroatoms. The number of piperidine rings is 1. The van der Waals surface area contributed by atoms with Gasteiger partial charge in [0, 0.05) is 38.3 Å². The lowest BCUT2D eigenvalue weighted by molar-refractivity contribution is 0.436. The Morgan fingerprint density at radius 2 is 1.70 bits per heavy atom. The number of nitrogens with zero attached hydrogens (tertiary/aromatic N) is 4. The van der Waals surface area contributed by atoms with Crippen LogP contribution < -0.4 is 20.4 Å². The van der Waals surface area contributed by atoms with E-state index in [-0.39, 0.29) is 6.04 Å². The largest absolute Gasteiger partial charge is 0.360 e. The minimum Gasteiger partial charge on any atom is -0.360 e. The van der Waals surface area contributed by atoms with Gasteiger partial charge in [0.15, 0.2) is 5.11 Å². The molecule has 0 atom stereocenters. The highest BCUT2D eigenvalue weighted by atomic mass is 32.1. The van der Waals surface area contributed by atoms with Crippen LogP contribution in [0.2, 0.25) is 0 Å². The summed E-state index contributed by atoms with van der Waals surface area (Å²) < 4.78 is 0. The van der Waals surface area contributed by atoms with E-state index in [2.05, 4.69) is 71.5 Å². The average molecular weight is 425 g/mol. The summed E-state index contributed by atoms with van der Waals surface area (Å²) in [6, 6.07) is 11.1. The second kappa shape index (κ2) is 9.16. The maximum Gasteiger partial charge on any atom is 0.232 e. The lowest BCUT2D eigenvalue weighted by Crippen LogP contribution is -2.36. The number of fused-ring (bicyclic) bond motifs is 1. The lowest BCUT2D eigenvalue weighted by atomic mass is 9.99. The van der Waals surface area contributed by atoms with Gasteiger partial charge in [-0.15, -0.1) is 0 Å². The number of hydrogen-bond acceptors (Lipinski definition) is 5. The monoisotopic (exact) mass is 424 g/mol. The number of thiocarbonyl (C=S) groups is 1. The van der Waals surface area contributed by atoms with Crippen molar-refractivity contribution in [3.63, 3.8) is 0 Å². The van der Waals surface area contributed by atoms with Crippen molar-refractivity contribution in [1.82, 2.24) is 15.3 Å². The molecule has 1 aromatic heterocycles. The topological polar surface area (TPSA) is 56.3 Å². The molecule has 0 radical (unpaired) electrons. The fraction of sp³-hybridized carbons (Fsp3) is 0.522. The van der Waals surface area contributed by atoms with Crippen LogP contribution in [0.4, 0.5) is 17.6 Å². The summed E-state index contributed by atoms with van der Waals surface area (Å²) in [6.07, 6.45) is 3.44. The van der Waals surface area contributed by atoms with E-state index < -0.39 is 0 Å². The molecule has 0 spiro atoms. The molecule has 3 heterocycles. The second-order valence-corrected chi connectivity index (χ2v) is 9.18. The third kappa shape index (κ3) is 5.01. The van der Waals surface area contributed by atoms with Crippen LogP contribution in [0, 0.1) is 5.92 Å². The van der Waals surface area contributed by atoms with Crippen LogP contribution in [-0.4, -0.2) is 40.8 Å². The molecular weight excluding hydrogens is 392 g/mol. The molecule has 0 unspecified atom stereocenters. The van der Waals surface area contributed by atoms with E-state index >= 15 is 0 Å². The first-order chi connectivity index (χ1) is 14.5. The molecule has 6 nitrogen and oxygen atoms in total. The van der Waals surface area contributed by atoms with E-state index in [1.54, 1.807) is 0 Å². The summed E-state index contributed by atoms with van der Waals surface area (Å²) in [5, 5.41) is 6.99. The Morgan fingerprint density at radius 1 is 1.03 bits per heavy atom. The highest BCUT2D eigenvalue weighted by Crippen LogP contribution is 2.28. The first-order valence-electron chi connectivity index (χ1n) is 11.0. The fourth-order valence-electron chi connectivity index (χ4n) is 4.13. The molecule has 1 aromatic carbocycles. The Balaban J connectivity index is 1.61. The van der Waals surface area contributed by atoms with Crippen molar-refractivity contribution >= 4 is 34.9 Å². The van der Waals surface area contributed by atoms with Gasteiger partial charge < -0.3 is 20.4 Å². The van der Waals surface area contributed by atoms with Gasteiger partial charge in [-0.25, -0.2) is 0 Å². The summed E-state index contributed by atoms with van der Waals surface area (Å²) in [6.45, 7) is 10.4. The predicted molar refractivity (Wildman–Crippen MR) is 128 cm³/mol. The molecule has 0 amide bonds. The number of anilines is 3. The molecule has 1 fully saturated rings. The van der Waals surface area contributed by atoms with Crippen molar-refractivity contribution in [3.8, 4) is 0 Å². The first kappa shape index (κ1) is 20.8. The highest BCUT2D eigenvalue weighted by molar-refractivity contribution is 7.80. The maximum absolute atomic E-state index is 5.45. The Hall–Kier alpha value is -2.41. The van der Waals surface area contributed by atoms with Gasteiger partial charge in [0.25, 0.3) is 0 Å². The van der Waals surface area contributed by atoms with Gasteiger partial charge in [-0.3, -0.25) is 0 Å². The molecule has 2 aromatic rings. The van der Waals surface area contributed by atoms with Gasteiger partial charge in [-0.05, 0) is 62.4 Å². The van der Waals surface area contributed by atoms with Crippen molar-refractivity contribution in [2.24, 2.45) is 5.92 Å². The Morgan fingerprint density at radius 3 is 2.40 bits per heavy atom. The molecule has 2 aliphatic rings. The minimum atomic E-state index is 0.259. The fourth-order valence-corrected chi connectivity index (χ4v) is 4.46. The van der Waals surface area contributed by atoms with Crippen LogP contribution in [-0.2, 0) is 13.0 Å². The van der Waals surface area contributed by atoms with Crippen LogP contribution in [0.25, 0.3) is 0 Å². The van der Waals surface area contributed by atoms with Crippen molar-refractivity contribution in [2.75, 3.05) is 34.8 Å². The summed E-state index contributed by atoms with van der Waals surface area (Å²) in [5.41, 5.74) is 2.82. The maximum atomic E-state index is 5.45. The molecule has 1 saturated heterocycles. The van der Waals surface area contributed by atoms with Crippen LogP contribution in [0.1, 0.15) is 44.7 Å². The first-order valence-corrected chi connectivity index (χ1v) is 11.4. The summed E-state index contributed by atoms with van der Waals surface area (Å²) in [4.78, 5) is 14.4. The second-order valence-electron chi connectivity index (χ2n) is 8.77. The van der Waals surface area contributed by atoms with Crippen LogP contribution in [0.15, 0.2) is 30.3 Å². The number of hydrogen-bond donors (Lipinski definition) is 2. The number of rotatable bonds is 4. The number of nitrogens with one attached hydrogen (secondary N) is 2. The van der Waals surface area contributed by atoms with E-state index in [0.29, 0.717) is 11.1 Å². The lowest BCUT2D eigenvalue weighted by Gasteiger charge is -2.33. The smallest absolute Gasteiger partial charge is 0.232 e. The molecule has 2 N–H and O–H groups in total. The standard InChI is InChI=1S/C23H32N6S/c1-16(2)24-23(30)27-22-25-20(28-11-8-17(3)9-12-28)14-21(26-22)29-13-10-18-6-4-5-7-19(18)15-29/h4-7,14,16-17H,8-13,15H2,1-3H3,(H2,24,25,26,27,30). The van der Waals surface area contributed by atoms with Gasteiger partial charge in [-0.1, -0.05) is 31.2 Å². The summed E-state index contributed by atoms with van der Waals surface area (Å²) >= 11 is 5.45. The Bertz CT molecular complexity index is 891. The third-order valence-corrected chi connectivity index (χ3v) is 6.13. The SMILES string of the molecule is CC1CCN(c2cc(N3CCc4ccccc4C3)nc(NC(=S)NC(C)C)n2)CC1. The summed E-state index contributed by atoms with van der Waals surface area (Å²) in [5.74, 6) is 3.29. The summed E-state index contributed by atoms with van der Waals surface area (Å²) in [7, 11) is 0. The van der Waals surface area contributed by atoms with E-state index in [1.807, 2.05) is 0 Å². The van der Waals surface area contributed by atoms with Crippen molar-refractivity contribution in [3.05, 3.63) is 41.5 Å². The Kier molecular flexibility index (Phi) is 6.37. The van der Waals surface area contributed by atoms with Crippen LogP contribution >= 0.6 is 12.2 Å². The number of aromatic nitrogens is 2. The molecule has 0 bridgehead atoms. The molecule has 2 aliphatic heterocycles. The van der Waals surface area contributed by atoms with Crippen LogP contribution in [0.3, 0.4) is 0 Å². The molecule has 30 heavy (non-hydrogen) atoms. The Labute approximate surface area is 185 Å². The normalized spacial score (nSPS) is 17.1. The quantitative estimate of drug-likeness (QED) is 0.720. The zero-order chi connectivity index (χ0) is 21.1. The van der Waals surface area contributed by atoms with Gasteiger partial charge in [0.2, 0.25) is 5.95 Å². The third-order valence-electron chi connectivity index (χ3n) is 5.91. The van der Waals surface area contributed by atoms with Crippen molar-refractivity contribution in [1.29, 1.82) is 0 Å². The van der Waals surface area contributed by atoms with E-state index in [1.165, 1.54) is 24.0 Å². The van der Waals surface area contributed by atoms with Gasteiger partial charge in [0.05, 0.1) is 0 Å². The molecule has 4 rings (SSSR count). The number of benzene rings is 1. The average Bonchev–Trinajstić information content (AvgIpc) is 2.73. The zero-order valence-electron chi connectivity index (χ0n) is 18.2. The van der Waals surface area contributed by atoms with E-state index in [9.17, 15) is 0 Å². The van der Waals surface area contributed by atoms with E-state index in [0.717, 1.165) is 50.2 Å². The highest BCUT2D eigenvalue weighted by Gasteiger charge is 2.22. The van der Waals surface area contributed by atoms with E-state index in [4.69, 9.17) is 22.2 Å². The van der Waals surface area contributed by atoms with Gasteiger partial charge in [-0.2, -0.15) is 9.97 Å². The van der Waals surface area contributed by atoms with Gasteiger partial charge in [0.1, 0.15) is 11.6 Å². The van der Waals surface area contributed by atoms with Crippen LogP contribution in [0.5, 0.6) is 0 Å². The zero-order valence-corrected chi connectivity index (χ0v) is 19.0. The molecular formula is C23H32N6S. The molecule has 0 saturated carbocycles. The molecule has 160 valence electrons.